The zero-order valence-electron chi connectivity index (χ0n) is 12.1. The highest BCUT2D eigenvalue weighted by atomic mass is 35.5. The number of hydrogen-bond acceptors (Lipinski definition) is 3. The lowest BCUT2D eigenvalue weighted by atomic mass is 10.1. The second kappa shape index (κ2) is 6.94. The van der Waals surface area contributed by atoms with Gasteiger partial charge >= 0.3 is 0 Å². The highest BCUT2D eigenvalue weighted by molar-refractivity contribution is 6.30. The highest BCUT2D eigenvalue weighted by Gasteiger charge is 2.10. The van der Waals surface area contributed by atoms with Crippen molar-refractivity contribution < 1.29 is 4.79 Å². The third-order valence-electron chi connectivity index (χ3n) is 3.33. The van der Waals surface area contributed by atoms with Crippen LogP contribution in [0.1, 0.15) is 21.6 Å². The minimum absolute atomic E-state index is 0.0395. The van der Waals surface area contributed by atoms with Crippen molar-refractivity contribution in [3.8, 4) is 0 Å². The molecule has 0 unspecified atom stereocenters. The van der Waals surface area contributed by atoms with E-state index >= 15 is 0 Å². The standard InChI is InChI=1S/C17H13Cl2N3O/c18-14-3-1-2-12(6-14)9-22-10-15(21-11-22)8-16(23)13-4-5-20-17(19)7-13/h1-7,10-11H,8-9H2. The van der Waals surface area contributed by atoms with Crippen molar-refractivity contribution in [3.05, 3.63) is 82.1 Å². The Bertz CT molecular complexity index is 845. The lowest BCUT2D eigenvalue weighted by molar-refractivity contribution is 0.0992. The quantitative estimate of drug-likeness (QED) is 0.517. The predicted molar refractivity (Wildman–Crippen MR) is 90.1 cm³/mol. The maximum absolute atomic E-state index is 12.2. The van der Waals surface area contributed by atoms with Crippen molar-refractivity contribution in [2.75, 3.05) is 0 Å². The lowest BCUT2D eigenvalue weighted by Crippen LogP contribution is -2.04. The first-order valence-corrected chi connectivity index (χ1v) is 7.75. The van der Waals surface area contributed by atoms with Crippen molar-refractivity contribution in [2.24, 2.45) is 0 Å². The van der Waals surface area contributed by atoms with E-state index in [2.05, 4.69) is 9.97 Å². The summed E-state index contributed by atoms with van der Waals surface area (Å²) in [7, 11) is 0. The second-order valence-electron chi connectivity index (χ2n) is 5.13. The number of halogens is 2. The fourth-order valence-corrected chi connectivity index (χ4v) is 2.66. The normalized spacial score (nSPS) is 10.7. The Morgan fingerprint density at radius 1 is 1.13 bits per heavy atom. The van der Waals surface area contributed by atoms with Crippen LogP contribution in [-0.4, -0.2) is 20.3 Å². The van der Waals surface area contributed by atoms with Gasteiger partial charge in [-0.3, -0.25) is 4.79 Å². The van der Waals surface area contributed by atoms with Crippen molar-refractivity contribution >= 4 is 29.0 Å². The molecule has 0 aliphatic rings. The van der Waals surface area contributed by atoms with Gasteiger partial charge in [-0.1, -0.05) is 35.3 Å². The smallest absolute Gasteiger partial charge is 0.169 e. The Labute approximate surface area is 143 Å². The number of Topliss-reactive ketones (excluding diaryl/α,β-unsaturated/α-hetero) is 1. The van der Waals surface area contributed by atoms with Crippen LogP contribution in [0.15, 0.2) is 55.1 Å². The molecule has 2 heterocycles. The maximum Gasteiger partial charge on any atom is 0.169 e. The van der Waals surface area contributed by atoms with Crippen LogP contribution in [-0.2, 0) is 13.0 Å². The van der Waals surface area contributed by atoms with Crippen molar-refractivity contribution in [1.29, 1.82) is 0 Å². The van der Waals surface area contributed by atoms with Crippen molar-refractivity contribution in [1.82, 2.24) is 14.5 Å². The van der Waals surface area contributed by atoms with E-state index in [1.807, 2.05) is 35.0 Å². The molecule has 0 amide bonds. The van der Waals surface area contributed by atoms with E-state index < -0.39 is 0 Å². The topological polar surface area (TPSA) is 47.8 Å². The van der Waals surface area contributed by atoms with Gasteiger partial charge in [0.2, 0.25) is 0 Å². The minimum Gasteiger partial charge on any atom is -0.333 e. The molecule has 3 rings (SSSR count). The van der Waals surface area contributed by atoms with E-state index in [9.17, 15) is 4.79 Å². The predicted octanol–water partition coefficient (Wildman–Crippen LogP) is 4.06. The Morgan fingerprint density at radius 2 is 2.00 bits per heavy atom. The molecule has 0 fully saturated rings. The molecule has 0 saturated carbocycles. The van der Waals surface area contributed by atoms with E-state index in [4.69, 9.17) is 23.2 Å². The van der Waals surface area contributed by atoms with E-state index in [0.29, 0.717) is 28.0 Å². The van der Waals surface area contributed by atoms with Crippen LogP contribution < -0.4 is 0 Å². The summed E-state index contributed by atoms with van der Waals surface area (Å²) in [4.78, 5) is 20.4. The molecule has 0 aliphatic heterocycles. The monoisotopic (exact) mass is 345 g/mol. The largest absolute Gasteiger partial charge is 0.333 e. The fourth-order valence-electron chi connectivity index (χ4n) is 2.27. The van der Waals surface area contributed by atoms with Gasteiger partial charge in [0, 0.05) is 29.5 Å². The molecule has 116 valence electrons. The van der Waals surface area contributed by atoms with Crippen LogP contribution in [0.5, 0.6) is 0 Å². The zero-order chi connectivity index (χ0) is 16.2. The van der Waals surface area contributed by atoms with Crippen LogP contribution in [0.3, 0.4) is 0 Å². The molecule has 0 radical (unpaired) electrons. The van der Waals surface area contributed by atoms with Crippen molar-refractivity contribution in [2.45, 2.75) is 13.0 Å². The first kappa shape index (κ1) is 15.7. The van der Waals surface area contributed by atoms with Crippen LogP contribution in [0.4, 0.5) is 0 Å². The SMILES string of the molecule is O=C(Cc1cn(Cc2cccc(Cl)c2)cn1)c1ccnc(Cl)c1. The molecule has 4 nitrogen and oxygen atoms in total. The molecule has 0 atom stereocenters. The highest BCUT2D eigenvalue weighted by Crippen LogP contribution is 2.13. The molecule has 6 heteroatoms. The first-order valence-electron chi connectivity index (χ1n) is 7.00. The van der Waals surface area contributed by atoms with Crippen molar-refractivity contribution in [3.63, 3.8) is 0 Å². The molecule has 0 aliphatic carbocycles. The number of ketones is 1. The molecule has 0 bridgehead atoms. The molecule has 2 aromatic heterocycles. The number of pyridine rings is 1. The van der Waals surface area contributed by atoms with Gasteiger partial charge in [0.1, 0.15) is 5.15 Å². The second-order valence-corrected chi connectivity index (χ2v) is 5.96. The van der Waals surface area contributed by atoms with Gasteiger partial charge in [0.15, 0.2) is 5.78 Å². The number of benzene rings is 1. The molecule has 0 spiro atoms. The number of imidazole rings is 1. The fraction of sp³-hybridized carbons (Fsp3) is 0.118. The third kappa shape index (κ3) is 4.18. The molecule has 23 heavy (non-hydrogen) atoms. The van der Waals surface area contributed by atoms with Crippen LogP contribution >= 0.6 is 23.2 Å². The van der Waals surface area contributed by atoms with Gasteiger partial charge in [0.05, 0.1) is 18.4 Å². The van der Waals surface area contributed by atoms with Gasteiger partial charge in [-0.25, -0.2) is 9.97 Å². The average Bonchev–Trinajstić information content (AvgIpc) is 2.94. The molecular weight excluding hydrogens is 333 g/mol. The Balaban J connectivity index is 1.68. The first-order chi connectivity index (χ1) is 11.1. The average molecular weight is 346 g/mol. The summed E-state index contributed by atoms with van der Waals surface area (Å²) in [5.74, 6) is -0.0395. The van der Waals surface area contributed by atoms with Gasteiger partial charge in [-0.2, -0.15) is 0 Å². The lowest BCUT2D eigenvalue weighted by Gasteiger charge is -2.02. The van der Waals surface area contributed by atoms with Gasteiger partial charge < -0.3 is 4.57 Å². The van der Waals surface area contributed by atoms with Crippen LogP contribution in [0.2, 0.25) is 10.2 Å². The van der Waals surface area contributed by atoms with Gasteiger partial charge in [-0.15, -0.1) is 0 Å². The Kier molecular flexibility index (Phi) is 4.74. The summed E-state index contributed by atoms with van der Waals surface area (Å²) in [6.07, 6.45) is 5.32. The molecular formula is C17H13Cl2N3O. The number of carbonyl (C=O) groups is 1. The summed E-state index contributed by atoms with van der Waals surface area (Å²) in [5, 5.41) is 1.01. The summed E-state index contributed by atoms with van der Waals surface area (Å²) < 4.78 is 1.92. The Hall–Kier alpha value is -2.17. The third-order valence-corrected chi connectivity index (χ3v) is 3.77. The van der Waals surface area contributed by atoms with E-state index in [1.54, 1.807) is 18.5 Å². The number of rotatable bonds is 5. The number of aromatic nitrogens is 3. The number of nitrogens with zero attached hydrogens (tertiary/aromatic N) is 3. The molecule has 1 aromatic carbocycles. The molecule has 0 saturated heterocycles. The van der Waals surface area contributed by atoms with E-state index in [-0.39, 0.29) is 12.2 Å². The number of hydrogen-bond donors (Lipinski definition) is 0. The van der Waals surface area contributed by atoms with Crippen LogP contribution in [0, 0.1) is 0 Å². The molecule has 3 aromatic rings. The van der Waals surface area contributed by atoms with Crippen LogP contribution in [0.25, 0.3) is 0 Å². The summed E-state index contributed by atoms with van der Waals surface area (Å²) in [5.41, 5.74) is 2.33. The summed E-state index contributed by atoms with van der Waals surface area (Å²) >= 11 is 11.8. The zero-order valence-corrected chi connectivity index (χ0v) is 13.6. The van der Waals surface area contributed by atoms with Gasteiger partial charge in [0.25, 0.3) is 0 Å². The van der Waals surface area contributed by atoms with E-state index in [0.717, 1.165) is 5.56 Å². The minimum atomic E-state index is -0.0395. The van der Waals surface area contributed by atoms with Gasteiger partial charge in [-0.05, 0) is 29.8 Å². The summed E-state index contributed by atoms with van der Waals surface area (Å²) in [6.45, 7) is 0.656. The maximum atomic E-state index is 12.2. The summed E-state index contributed by atoms with van der Waals surface area (Å²) in [6, 6.07) is 10.9. The van der Waals surface area contributed by atoms with E-state index in [1.165, 1.54) is 6.20 Å². The Morgan fingerprint density at radius 3 is 2.78 bits per heavy atom. The number of carbonyl (C=O) groups excluding carboxylic acids is 1. The molecule has 0 N–H and O–H groups in total.